The number of hydrogen-bond acceptors (Lipinski definition) is 14. The van der Waals surface area contributed by atoms with Crippen LogP contribution in [0.15, 0.2) is 78.3 Å². The lowest BCUT2D eigenvalue weighted by molar-refractivity contribution is 0.0693. The number of nitrogens with one attached hydrogen (secondary N) is 1. The number of aromatic carboxylic acids is 1. The normalized spacial score (nSPS) is 12.9. The number of carboxylic acids is 1. The number of azo groups is 1. The van der Waals surface area contributed by atoms with Crippen LogP contribution in [0.25, 0.3) is 10.8 Å². The maximum Gasteiger partial charge on any atom is 0.339 e. The van der Waals surface area contributed by atoms with Gasteiger partial charge in [-0.1, -0.05) is 11.6 Å². The molecule has 19 nitrogen and oxygen atoms in total. The molecule has 0 aliphatic carbocycles. The summed E-state index contributed by atoms with van der Waals surface area (Å²) in [5.41, 5.74) is -3.81. The summed E-state index contributed by atoms with van der Waals surface area (Å²) in [4.78, 5) is 7.03. The number of carbonyl (C=O) groups is 1. The number of halogens is 1. The summed E-state index contributed by atoms with van der Waals surface area (Å²) in [6, 6.07) is 4.84. The van der Waals surface area contributed by atoms with Crippen molar-refractivity contribution in [1.29, 1.82) is 0 Å². The zero-order chi connectivity index (χ0) is 35.4. The second-order valence-electron chi connectivity index (χ2n) is 9.13. The molecule has 0 heterocycles. The Balaban J connectivity index is 2.06. The smallest absolute Gasteiger partial charge is 0.339 e. The molecular weight excluding hydrogens is 738 g/mol. The van der Waals surface area contributed by atoms with Crippen LogP contribution in [-0.4, -0.2) is 73.7 Å². The van der Waals surface area contributed by atoms with Crippen molar-refractivity contribution < 1.29 is 72.6 Å². The van der Waals surface area contributed by atoms with Gasteiger partial charge in [-0.2, -0.15) is 25.3 Å². The van der Waals surface area contributed by atoms with E-state index in [1.54, 1.807) is 0 Å². The molecule has 0 unspecified atom stereocenters. The predicted molar refractivity (Wildman–Crippen MR) is 158 cm³/mol. The summed E-state index contributed by atoms with van der Waals surface area (Å²) in [6.07, 6.45) is 0. The lowest BCUT2D eigenvalue weighted by atomic mass is 10.1. The Kier molecular flexibility index (Phi) is 8.90. The van der Waals surface area contributed by atoms with Crippen LogP contribution in [0, 0.1) is 0 Å². The molecule has 0 amide bonds. The second kappa shape index (κ2) is 11.9. The van der Waals surface area contributed by atoms with Crippen LogP contribution in [0.4, 0.5) is 17.1 Å². The van der Waals surface area contributed by atoms with Crippen molar-refractivity contribution in [3.63, 3.8) is 0 Å². The lowest BCUT2D eigenvalue weighted by Crippen LogP contribution is -2.15. The minimum absolute atomic E-state index is 0.447. The highest BCUT2D eigenvalue weighted by Crippen LogP contribution is 2.46. The van der Waals surface area contributed by atoms with Gasteiger partial charge in [0.05, 0.1) is 20.9 Å². The molecule has 47 heavy (non-hydrogen) atoms. The van der Waals surface area contributed by atoms with Gasteiger partial charge < -0.3 is 20.4 Å². The summed E-state index contributed by atoms with van der Waals surface area (Å²) in [6.45, 7) is 0. The molecule has 0 aliphatic heterocycles. The predicted octanol–water partition coefficient (Wildman–Crippen LogP) is 3.26. The maximum atomic E-state index is 13.2. The van der Waals surface area contributed by atoms with E-state index >= 15 is 0 Å². The Bertz CT molecular complexity index is 2500. The molecule has 4 aromatic rings. The van der Waals surface area contributed by atoms with Gasteiger partial charge in [0.15, 0.2) is 11.5 Å². The highest BCUT2D eigenvalue weighted by Gasteiger charge is 2.28. The van der Waals surface area contributed by atoms with E-state index in [0.29, 0.717) is 36.4 Å². The van der Waals surface area contributed by atoms with Gasteiger partial charge in [0, 0.05) is 5.02 Å². The van der Waals surface area contributed by atoms with Crippen molar-refractivity contribution in [2.75, 3.05) is 4.72 Å². The Morgan fingerprint density at radius 3 is 1.87 bits per heavy atom. The number of carboxylic acid groups (broad SMARTS) is 1. The van der Waals surface area contributed by atoms with E-state index in [1.165, 1.54) is 0 Å². The largest absolute Gasteiger partial charge is 0.507 e. The topological polar surface area (TPSA) is 332 Å². The fourth-order valence-electron chi connectivity index (χ4n) is 3.98. The number of phenols is 3. The molecule has 0 bridgehead atoms. The van der Waals surface area contributed by atoms with E-state index in [-0.39, 0.29) is 0 Å². The van der Waals surface area contributed by atoms with Crippen molar-refractivity contribution >= 4 is 85.8 Å². The van der Waals surface area contributed by atoms with Crippen LogP contribution in [0.3, 0.4) is 0 Å². The number of benzene rings is 4. The van der Waals surface area contributed by atoms with Crippen LogP contribution >= 0.6 is 11.6 Å². The van der Waals surface area contributed by atoms with Gasteiger partial charge in [-0.3, -0.25) is 18.4 Å². The Labute approximate surface area is 268 Å². The number of rotatable bonds is 9. The quantitative estimate of drug-likeness (QED) is 0.0897. The minimum atomic E-state index is -5.43. The van der Waals surface area contributed by atoms with Crippen LogP contribution < -0.4 is 4.72 Å². The molecule has 4 rings (SSSR count). The molecule has 0 fully saturated rings. The number of aromatic hydroxyl groups is 3. The van der Waals surface area contributed by atoms with E-state index in [9.17, 15) is 72.6 Å². The summed E-state index contributed by atoms with van der Waals surface area (Å²) in [5, 5.41) is 45.4. The standard InChI is InChI=1S/C23H16ClN3O16S4/c24-10-5-15(21(29)18(6-10)47(41,42)43)25-26-20-17(46(38,39)40)4-9-3-12(45(35,36)37)8-14(19(9)22(20)30)27-44(33,34)11-1-2-16(28)13(7-11)23(31)32/h1-8,27-30H,(H,31,32)(H,35,36,37)(H,38,39,40)(H,41,42,43). The van der Waals surface area contributed by atoms with E-state index in [1.807, 2.05) is 4.72 Å². The number of fused-ring (bicyclic) bond motifs is 1. The molecule has 0 saturated heterocycles. The molecule has 0 spiro atoms. The van der Waals surface area contributed by atoms with Gasteiger partial charge in [0.25, 0.3) is 40.4 Å². The van der Waals surface area contributed by atoms with Crippen molar-refractivity contribution in [1.82, 2.24) is 0 Å². The van der Waals surface area contributed by atoms with Crippen molar-refractivity contribution in [3.05, 3.63) is 59.1 Å². The maximum absolute atomic E-state index is 13.2. The lowest BCUT2D eigenvalue weighted by Gasteiger charge is -2.16. The van der Waals surface area contributed by atoms with Crippen molar-refractivity contribution in [2.24, 2.45) is 10.2 Å². The van der Waals surface area contributed by atoms with Gasteiger partial charge in [-0.25, -0.2) is 13.2 Å². The van der Waals surface area contributed by atoms with E-state index < -0.39 is 122 Å². The second-order valence-corrected chi connectivity index (χ2v) is 15.4. The molecule has 0 aliphatic rings. The first-order valence-corrected chi connectivity index (χ1v) is 17.9. The van der Waals surface area contributed by atoms with Gasteiger partial charge in [0.1, 0.15) is 32.5 Å². The number of anilines is 1. The third kappa shape index (κ3) is 7.20. The third-order valence-electron chi connectivity index (χ3n) is 6.01. The molecule has 0 saturated carbocycles. The molecule has 0 aromatic heterocycles. The van der Waals surface area contributed by atoms with Crippen LogP contribution in [0.2, 0.25) is 5.02 Å². The minimum Gasteiger partial charge on any atom is -0.507 e. The number of sulfonamides is 1. The summed E-state index contributed by atoms with van der Waals surface area (Å²) >= 11 is 5.79. The van der Waals surface area contributed by atoms with Gasteiger partial charge in [-0.15, -0.1) is 10.2 Å². The molecule has 0 radical (unpaired) electrons. The number of nitrogens with zero attached hydrogens (tertiary/aromatic N) is 2. The van der Waals surface area contributed by atoms with Gasteiger partial charge >= 0.3 is 5.97 Å². The Hall–Kier alpha value is -4.62. The first kappa shape index (κ1) is 35.2. The molecule has 24 heteroatoms. The average Bonchev–Trinajstić information content (AvgIpc) is 2.91. The average molecular weight is 754 g/mol. The van der Waals surface area contributed by atoms with Gasteiger partial charge in [0.2, 0.25) is 0 Å². The monoisotopic (exact) mass is 753 g/mol. The van der Waals surface area contributed by atoms with E-state index in [4.69, 9.17) is 11.6 Å². The van der Waals surface area contributed by atoms with Gasteiger partial charge in [-0.05, 0) is 53.9 Å². The number of hydrogen-bond donors (Lipinski definition) is 8. The van der Waals surface area contributed by atoms with E-state index in [0.717, 1.165) is 12.1 Å². The Morgan fingerprint density at radius 2 is 1.32 bits per heavy atom. The fraction of sp³-hybridized carbons (Fsp3) is 0. The van der Waals surface area contributed by atoms with Crippen LogP contribution in [0.5, 0.6) is 17.2 Å². The first-order chi connectivity index (χ1) is 21.4. The zero-order valence-corrected chi connectivity index (χ0v) is 26.4. The Morgan fingerprint density at radius 1 is 0.702 bits per heavy atom. The molecular formula is C23H16ClN3O16S4. The van der Waals surface area contributed by atoms with Crippen molar-refractivity contribution in [3.8, 4) is 17.2 Å². The summed E-state index contributed by atoms with van der Waals surface area (Å²) in [5.74, 6) is -5.16. The first-order valence-electron chi connectivity index (χ1n) is 11.7. The van der Waals surface area contributed by atoms with Crippen molar-refractivity contribution in [2.45, 2.75) is 19.6 Å². The highest BCUT2D eigenvalue weighted by molar-refractivity contribution is 7.92. The fourth-order valence-corrected chi connectivity index (χ4v) is 7.17. The molecule has 8 N–H and O–H groups in total. The third-order valence-corrected chi connectivity index (χ3v) is 10.2. The molecule has 0 atom stereocenters. The van der Waals surface area contributed by atoms with Crippen LogP contribution in [-0.2, 0) is 40.4 Å². The summed E-state index contributed by atoms with van der Waals surface area (Å²) in [7, 11) is -20.7. The highest BCUT2D eigenvalue weighted by atomic mass is 35.5. The van der Waals surface area contributed by atoms with Crippen LogP contribution in [0.1, 0.15) is 10.4 Å². The van der Waals surface area contributed by atoms with E-state index in [2.05, 4.69) is 10.2 Å². The molecule has 250 valence electrons. The zero-order valence-electron chi connectivity index (χ0n) is 22.3. The molecule has 4 aromatic carbocycles. The SMILES string of the molecule is O=C(O)c1cc(S(=O)(=O)Nc2cc(S(=O)(=O)O)cc3cc(S(=O)(=O)O)c(N=Nc4cc(Cl)cc(S(=O)(=O)O)c4O)c(O)c23)ccc1O. The summed E-state index contributed by atoms with van der Waals surface area (Å²) < 4.78 is 129. The number of phenolic OH excluding ortho intramolecular Hbond substituents is 2.